The largest absolute Gasteiger partial charge is 0.347 e. The van der Waals surface area contributed by atoms with Crippen molar-refractivity contribution in [3.05, 3.63) is 63.8 Å². The minimum atomic E-state index is -3.74. The van der Waals surface area contributed by atoms with E-state index in [1.54, 1.807) is 13.0 Å². The van der Waals surface area contributed by atoms with E-state index in [1.165, 1.54) is 10.7 Å². The molecule has 0 aliphatic rings. The molecule has 0 unspecified atom stereocenters. The van der Waals surface area contributed by atoms with E-state index in [1.807, 2.05) is 30.3 Å². The average molecular weight is 411 g/mol. The Morgan fingerprint density at radius 1 is 1.27 bits per heavy atom. The first-order valence-corrected chi connectivity index (χ1v) is 10.2. The number of nitrogens with zero attached hydrogens (tertiary/aromatic N) is 2. The van der Waals surface area contributed by atoms with Crippen molar-refractivity contribution >= 4 is 38.9 Å². The second kappa shape index (κ2) is 7.20. The second-order valence-corrected chi connectivity index (χ2v) is 8.76. The van der Waals surface area contributed by atoms with Gasteiger partial charge in [0.05, 0.1) is 23.5 Å². The molecule has 3 N–H and O–H groups in total. The predicted octanol–water partition coefficient (Wildman–Crippen LogP) is 2.47. The van der Waals surface area contributed by atoms with E-state index in [9.17, 15) is 13.2 Å². The summed E-state index contributed by atoms with van der Waals surface area (Å²) in [5.74, 6) is -0.389. The first-order chi connectivity index (χ1) is 12.3. The molecule has 26 heavy (non-hydrogen) atoms. The molecule has 1 aromatic carbocycles. The van der Waals surface area contributed by atoms with Crippen molar-refractivity contribution in [1.29, 1.82) is 0 Å². The number of aryl methyl sites for hydroxylation is 1. The molecule has 0 saturated carbocycles. The summed E-state index contributed by atoms with van der Waals surface area (Å²) in [6.45, 7) is 1.86. The van der Waals surface area contributed by atoms with Crippen LogP contribution in [0.25, 0.3) is 5.69 Å². The van der Waals surface area contributed by atoms with Gasteiger partial charge in [0, 0.05) is 4.88 Å². The lowest BCUT2D eigenvalue weighted by atomic mass is 10.2. The van der Waals surface area contributed by atoms with Crippen molar-refractivity contribution < 1.29 is 13.2 Å². The monoisotopic (exact) mass is 410 g/mol. The van der Waals surface area contributed by atoms with Gasteiger partial charge in [0.15, 0.2) is 0 Å². The Balaban J connectivity index is 1.78. The number of thiophene rings is 1. The van der Waals surface area contributed by atoms with E-state index in [4.69, 9.17) is 16.7 Å². The summed E-state index contributed by atoms with van der Waals surface area (Å²) in [5, 5.41) is 12.3. The van der Waals surface area contributed by atoms with Crippen LogP contribution in [0.3, 0.4) is 0 Å². The molecule has 0 bridgehead atoms. The molecule has 136 valence electrons. The fourth-order valence-electron chi connectivity index (χ4n) is 2.36. The molecular formula is C16H15ClN4O3S2. The number of nitrogens with one attached hydrogen (secondary N) is 1. The van der Waals surface area contributed by atoms with Crippen molar-refractivity contribution in [2.24, 2.45) is 5.14 Å². The van der Waals surface area contributed by atoms with Gasteiger partial charge in [-0.05, 0) is 31.2 Å². The van der Waals surface area contributed by atoms with E-state index < -0.39 is 10.0 Å². The number of aromatic nitrogens is 2. The van der Waals surface area contributed by atoms with E-state index in [0.717, 1.165) is 17.0 Å². The van der Waals surface area contributed by atoms with Gasteiger partial charge >= 0.3 is 0 Å². The number of nitrogens with two attached hydrogens (primary N) is 1. The zero-order valence-electron chi connectivity index (χ0n) is 13.6. The fraction of sp³-hybridized carbons (Fsp3) is 0.125. The highest BCUT2D eigenvalue weighted by atomic mass is 35.5. The molecule has 0 atom stereocenters. The Hall–Kier alpha value is -2.20. The molecule has 0 aliphatic heterocycles. The number of amides is 1. The summed E-state index contributed by atoms with van der Waals surface area (Å²) in [6.07, 6.45) is 0. The van der Waals surface area contributed by atoms with Crippen LogP contribution >= 0.6 is 22.9 Å². The van der Waals surface area contributed by atoms with E-state index in [-0.39, 0.29) is 27.4 Å². The standard InChI is InChI=1S/C16H15ClN4O3S2/c1-10-14(15(17)21(20-10)11-5-3-2-4-6-11)16(22)19-9-12-7-8-13(25-12)26(18,23)24/h2-8H,9H2,1H3,(H,19,22)(H2,18,23,24). The van der Waals surface area contributed by atoms with Crippen LogP contribution in [0.4, 0.5) is 0 Å². The van der Waals surface area contributed by atoms with Gasteiger partial charge in [-0.25, -0.2) is 18.2 Å². The minimum absolute atomic E-state index is 0.0489. The van der Waals surface area contributed by atoms with Gasteiger partial charge in [-0.3, -0.25) is 4.79 Å². The summed E-state index contributed by atoms with van der Waals surface area (Å²) in [7, 11) is -3.74. The smallest absolute Gasteiger partial charge is 0.256 e. The summed E-state index contributed by atoms with van der Waals surface area (Å²) >= 11 is 7.36. The molecule has 7 nitrogen and oxygen atoms in total. The molecule has 3 rings (SSSR count). The first kappa shape index (κ1) is 18.6. The number of hydrogen-bond donors (Lipinski definition) is 2. The molecule has 2 heterocycles. The van der Waals surface area contributed by atoms with Crippen LogP contribution in [-0.2, 0) is 16.6 Å². The lowest BCUT2D eigenvalue weighted by Crippen LogP contribution is -2.23. The maximum absolute atomic E-state index is 12.5. The Morgan fingerprint density at radius 3 is 2.58 bits per heavy atom. The first-order valence-electron chi connectivity index (χ1n) is 7.47. The van der Waals surface area contributed by atoms with Crippen LogP contribution in [0.2, 0.25) is 5.15 Å². The fourth-order valence-corrected chi connectivity index (χ4v) is 4.44. The van der Waals surface area contributed by atoms with Crippen molar-refractivity contribution in [1.82, 2.24) is 15.1 Å². The van der Waals surface area contributed by atoms with Crippen molar-refractivity contribution in [2.75, 3.05) is 0 Å². The van der Waals surface area contributed by atoms with Crippen molar-refractivity contribution in [2.45, 2.75) is 17.7 Å². The summed E-state index contributed by atoms with van der Waals surface area (Å²) in [4.78, 5) is 13.2. The highest BCUT2D eigenvalue weighted by Gasteiger charge is 2.21. The minimum Gasteiger partial charge on any atom is -0.347 e. The van der Waals surface area contributed by atoms with Crippen LogP contribution in [0.1, 0.15) is 20.9 Å². The predicted molar refractivity (Wildman–Crippen MR) is 100 cm³/mol. The molecule has 10 heteroatoms. The molecular weight excluding hydrogens is 396 g/mol. The molecule has 2 aromatic heterocycles. The molecule has 0 spiro atoms. The number of para-hydroxylation sites is 1. The number of carbonyl (C=O) groups excluding carboxylic acids is 1. The van der Waals surface area contributed by atoms with Gasteiger partial charge in [-0.2, -0.15) is 5.10 Å². The number of sulfonamides is 1. The SMILES string of the molecule is Cc1nn(-c2ccccc2)c(Cl)c1C(=O)NCc1ccc(S(N)(=O)=O)s1. The topological polar surface area (TPSA) is 107 Å². The van der Waals surface area contributed by atoms with Gasteiger partial charge in [-0.1, -0.05) is 29.8 Å². The van der Waals surface area contributed by atoms with Gasteiger partial charge in [0.2, 0.25) is 10.0 Å². The Labute approximate surface area is 159 Å². The Kier molecular flexibility index (Phi) is 5.15. The molecule has 1 amide bonds. The summed E-state index contributed by atoms with van der Waals surface area (Å²) < 4.78 is 24.2. The van der Waals surface area contributed by atoms with E-state index in [0.29, 0.717) is 10.6 Å². The van der Waals surface area contributed by atoms with Gasteiger partial charge in [-0.15, -0.1) is 11.3 Å². The third-order valence-corrected chi connectivity index (χ3v) is 6.45. The van der Waals surface area contributed by atoms with Crippen molar-refractivity contribution in [3.8, 4) is 5.69 Å². The number of primary sulfonamides is 1. The number of hydrogen-bond acceptors (Lipinski definition) is 5. The highest BCUT2D eigenvalue weighted by molar-refractivity contribution is 7.91. The Bertz CT molecular complexity index is 1060. The number of carbonyl (C=O) groups is 1. The molecule has 3 aromatic rings. The third-order valence-electron chi connectivity index (χ3n) is 3.57. The molecule has 0 fully saturated rings. The van der Waals surface area contributed by atoms with Crippen LogP contribution in [-0.4, -0.2) is 24.1 Å². The van der Waals surface area contributed by atoms with E-state index in [2.05, 4.69) is 10.4 Å². The number of rotatable bonds is 5. The van der Waals surface area contributed by atoms with Crippen molar-refractivity contribution in [3.63, 3.8) is 0 Å². The third kappa shape index (κ3) is 3.80. The number of benzene rings is 1. The van der Waals surface area contributed by atoms with Gasteiger partial charge in [0.25, 0.3) is 5.91 Å². The maximum atomic E-state index is 12.5. The quantitative estimate of drug-likeness (QED) is 0.673. The lowest BCUT2D eigenvalue weighted by molar-refractivity contribution is 0.0951. The van der Waals surface area contributed by atoms with Crippen LogP contribution in [0, 0.1) is 6.92 Å². The van der Waals surface area contributed by atoms with Gasteiger partial charge < -0.3 is 5.32 Å². The normalized spacial score (nSPS) is 11.5. The summed E-state index contributed by atoms with van der Waals surface area (Å²) in [5.41, 5.74) is 1.52. The Morgan fingerprint density at radius 2 is 1.96 bits per heavy atom. The second-order valence-electron chi connectivity index (χ2n) is 5.45. The van der Waals surface area contributed by atoms with Crippen LogP contribution in [0.15, 0.2) is 46.7 Å². The van der Waals surface area contributed by atoms with Crippen LogP contribution < -0.4 is 10.5 Å². The zero-order chi connectivity index (χ0) is 18.9. The maximum Gasteiger partial charge on any atom is 0.256 e. The summed E-state index contributed by atoms with van der Waals surface area (Å²) in [6, 6.07) is 12.3. The molecule has 0 saturated heterocycles. The van der Waals surface area contributed by atoms with Gasteiger partial charge in [0.1, 0.15) is 9.36 Å². The molecule has 0 aliphatic carbocycles. The average Bonchev–Trinajstić information content (AvgIpc) is 3.18. The van der Waals surface area contributed by atoms with Crippen LogP contribution in [0.5, 0.6) is 0 Å². The van der Waals surface area contributed by atoms with E-state index >= 15 is 0 Å². The molecule has 0 radical (unpaired) electrons. The lowest BCUT2D eigenvalue weighted by Gasteiger charge is -2.04. The number of halogens is 1. The zero-order valence-corrected chi connectivity index (χ0v) is 16.0. The highest BCUT2D eigenvalue weighted by Crippen LogP contribution is 2.24.